The van der Waals surface area contributed by atoms with Crippen molar-refractivity contribution in [1.82, 2.24) is 9.61 Å². The average molecular weight is 248 g/mol. The Labute approximate surface area is 105 Å². The van der Waals surface area contributed by atoms with Crippen LogP contribution in [0.3, 0.4) is 0 Å². The Hall–Kier alpha value is -1.88. The maximum absolute atomic E-state index is 11.4. The average Bonchev–Trinajstić information content (AvgIpc) is 2.68. The molecule has 0 amide bonds. The molecule has 18 heavy (non-hydrogen) atoms. The molecular formula is C13H16N2O3. The van der Waals surface area contributed by atoms with Crippen LogP contribution in [0.1, 0.15) is 31.1 Å². The summed E-state index contributed by atoms with van der Waals surface area (Å²) < 4.78 is 7.10. The van der Waals surface area contributed by atoms with Crippen LogP contribution < -0.4 is 4.74 Å². The Morgan fingerprint density at radius 3 is 2.89 bits per heavy atom. The van der Waals surface area contributed by atoms with E-state index in [0.29, 0.717) is 16.8 Å². The van der Waals surface area contributed by atoms with E-state index >= 15 is 0 Å². The van der Waals surface area contributed by atoms with Crippen molar-refractivity contribution < 1.29 is 14.6 Å². The second-order valence-electron chi connectivity index (χ2n) is 4.91. The quantitative estimate of drug-likeness (QED) is 0.836. The first-order chi connectivity index (χ1) is 8.37. The first-order valence-corrected chi connectivity index (χ1v) is 5.70. The third-order valence-electron chi connectivity index (χ3n) is 2.46. The van der Waals surface area contributed by atoms with Gasteiger partial charge in [-0.15, -0.1) is 0 Å². The van der Waals surface area contributed by atoms with E-state index in [2.05, 4.69) is 5.10 Å². The molecular weight excluding hydrogens is 232 g/mol. The minimum Gasteiger partial charge on any atom is -0.490 e. The molecule has 96 valence electrons. The second kappa shape index (κ2) is 4.42. The van der Waals surface area contributed by atoms with Crippen molar-refractivity contribution in [1.29, 1.82) is 0 Å². The lowest BCUT2D eigenvalue weighted by molar-refractivity contribution is 0.0285. The SMILES string of the molecule is CC(=O)c1cnn2ccc(OCC(C)(C)O)cc12. The summed E-state index contributed by atoms with van der Waals surface area (Å²) in [6, 6.07) is 3.49. The van der Waals surface area contributed by atoms with Crippen molar-refractivity contribution in [2.45, 2.75) is 26.4 Å². The van der Waals surface area contributed by atoms with Crippen LogP contribution in [0.25, 0.3) is 5.52 Å². The van der Waals surface area contributed by atoms with Crippen LogP contribution in [0.2, 0.25) is 0 Å². The number of ether oxygens (including phenoxy) is 1. The van der Waals surface area contributed by atoms with E-state index in [1.165, 1.54) is 13.1 Å². The molecule has 0 bridgehead atoms. The second-order valence-corrected chi connectivity index (χ2v) is 4.91. The highest BCUT2D eigenvalue weighted by Crippen LogP contribution is 2.19. The molecule has 0 saturated heterocycles. The van der Waals surface area contributed by atoms with Gasteiger partial charge in [0.25, 0.3) is 0 Å². The highest BCUT2D eigenvalue weighted by atomic mass is 16.5. The summed E-state index contributed by atoms with van der Waals surface area (Å²) in [5.41, 5.74) is 0.370. The van der Waals surface area contributed by atoms with Crippen LogP contribution in [0, 0.1) is 0 Å². The summed E-state index contributed by atoms with van der Waals surface area (Å²) >= 11 is 0. The summed E-state index contributed by atoms with van der Waals surface area (Å²) in [7, 11) is 0. The Balaban J connectivity index is 2.31. The zero-order chi connectivity index (χ0) is 13.3. The molecule has 0 aliphatic carbocycles. The van der Waals surface area contributed by atoms with E-state index in [1.807, 2.05) is 0 Å². The third kappa shape index (κ3) is 2.68. The number of fused-ring (bicyclic) bond motifs is 1. The molecule has 2 aromatic heterocycles. The molecule has 0 saturated carbocycles. The number of ketones is 1. The van der Waals surface area contributed by atoms with Crippen LogP contribution in [0.15, 0.2) is 24.5 Å². The number of carbonyl (C=O) groups excluding carboxylic acids is 1. The lowest BCUT2D eigenvalue weighted by Crippen LogP contribution is -2.27. The lowest BCUT2D eigenvalue weighted by Gasteiger charge is -2.17. The summed E-state index contributed by atoms with van der Waals surface area (Å²) in [6.07, 6.45) is 3.26. The fourth-order valence-electron chi connectivity index (χ4n) is 1.58. The smallest absolute Gasteiger partial charge is 0.163 e. The number of rotatable bonds is 4. The molecule has 2 rings (SSSR count). The molecule has 2 aromatic rings. The van der Waals surface area contributed by atoms with Crippen molar-refractivity contribution in [2.75, 3.05) is 6.61 Å². The lowest BCUT2D eigenvalue weighted by atomic mass is 10.1. The predicted molar refractivity (Wildman–Crippen MR) is 67.0 cm³/mol. The highest BCUT2D eigenvalue weighted by molar-refractivity contribution is 6.00. The fraction of sp³-hybridized carbons (Fsp3) is 0.385. The van der Waals surface area contributed by atoms with Gasteiger partial charge >= 0.3 is 0 Å². The van der Waals surface area contributed by atoms with Crippen molar-refractivity contribution in [2.24, 2.45) is 0 Å². The van der Waals surface area contributed by atoms with Gasteiger partial charge in [0.2, 0.25) is 0 Å². The minimum absolute atomic E-state index is 0.0374. The van der Waals surface area contributed by atoms with E-state index in [-0.39, 0.29) is 12.4 Å². The van der Waals surface area contributed by atoms with Crippen molar-refractivity contribution in [3.8, 4) is 5.75 Å². The van der Waals surface area contributed by atoms with Gasteiger partial charge in [-0.25, -0.2) is 4.52 Å². The van der Waals surface area contributed by atoms with E-state index in [0.717, 1.165) is 0 Å². The molecule has 5 nitrogen and oxygen atoms in total. The van der Waals surface area contributed by atoms with Gasteiger partial charge in [0, 0.05) is 12.3 Å². The van der Waals surface area contributed by atoms with Gasteiger partial charge in [-0.2, -0.15) is 5.10 Å². The molecule has 0 radical (unpaired) electrons. The standard InChI is InChI=1S/C13H16N2O3/c1-9(16)11-7-14-15-5-4-10(6-12(11)15)18-8-13(2,3)17/h4-7,17H,8H2,1-3H3. The van der Waals surface area contributed by atoms with Gasteiger partial charge < -0.3 is 9.84 Å². The summed E-state index contributed by atoms with van der Waals surface area (Å²) in [5.74, 6) is 0.567. The monoisotopic (exact) mass is 248 g/mol. The number of hydrogen-bond acceptors (Lipinski definition) is 4. The van der Waals surface area contributed by atoms with E-state index in [4.69, 9.17) is 4.74 Å². The van der Waals surface area contributed by atoms with Gasteiger partial charge in [0.05, 0.1) is 22.9 Å². The van der Waals surface area contributed by atoms with Crippen LogP contribution in [0.5, 0.6) is 5.75 Å². The van der Waals surface area contributed by atoms with Crippen LogP contribution in [-0.4, -0.2) is 32.7 Å². The summed E-state index contributed by atoms with van der Waals surface area (Å²) in [5, 5.41) is 13.7. The van der Waals surface area contributed by atoms with Crippen molar-refractivity contribution >= 4 is 11.3 Å². The number of pyridine rings is 1. The fourth-order valence-corrected chi connectivity index (χ4v) is 1.58. The molecule has 0 atom stereocenters. The normalized spacial score (nSPS) is 11.8. The van der Waals surface area contributed by atoms with E-state index < -0.39 is 5.60 Å². The number of carbonyl (C=O) groups is 1. The molecule has 5 heteroatoms. The maximum atomic E-state index is 11.4. The maximum Gasteiger partial charge on any atom is 0.163 e. The third-order valence-corrected chi connectivity index (χ3v) is 2.46. The first kappa shape index (κ1) is 12.6. The van der Waals surface area contributed by atoms with Gasteiger partial charge in [0.15, 0.2) is 5.78 Å². The summed E-state index contributed by atoms with van der Waals surface area (Å²) in [6.45, 7) is 5.03. The van der Waals surface area contributed by atoms with Crippen LogP contribution in [0.4, 0.5) is 0 Å². The molecule has 2 heterocycles. The number of aromatic nitrogens is 2. The van der Waals surface area contributed by atoms with Gasteiger partial charge in [-0.1, -0.05) is 0 Å². The van der Waals surface area contributed by atoms with Crippen LogP contribution >= 0.6 is 0 Å². The molecule has 0 aromatic carbocycles. The molecule has 0 spiro atoms. The number of aliphatic hydroxyl groups is 1. The van der Waals surface area contributed by atoms with Crippen molar-refractivity contribution in [3.63, 3.8) is 0 Å². The first-order valence-electron chi connectivity index (χ1n) is 5.70. The van der Waals surface area contributed by atoms with E-state index in [9.17, 15) is 9.90 Å². The number of Topliss-reactive ketones (excluding diaryl/α,β-unsaturated/α-hetero) is 1. The minimum atomic E-state index is -0.893. The number of nitrogens with zero attached hydrogens (tertiary/aromatic N) is 2. The number of hydrogen-bond donors (Lipinski definition) is 1. The Morgan fingerprint density at radius 1 is 1.56 bits per heavy atom. The molecule has 0 aliphatic heterocycles. The molecule has 0 aliphatic rings. The topological polar surface area (TPSA) is 63.8 Å². The van der Waals surface area contributed by atoms with Crippen molar-refractivity contribution in [3.05, 3.63) is 30.1 Å². The van der Waals surface area contributed by atoms with Gasteiger partial charge in [0.1, 0.15) is 12.4 Å². The zero-order valence-corrected chi connectivity index (χ0v) is 10.7. The largest absolute Gasteiger partial charge is 0.490 e. The molecule has 1 N–H and O–H groups in total. The van der Waals surface area contributed by atoms with Gasteiger partial charge in [-0.3, -0.25) is 4.79 Å². The predicted octanol–water partition coefficient (Wildman–Crippen LogP) is 1.69. The molecule has 0 fully saturated rings. The molecule has 0 unspecified atom stereocenters. The van der Waals surface area contributed by atoms with Crippen LogP contribution in [-0.2, 0) is 0 Å². The Kier molecular flexibility index (Phi) is 3.09. The Bertz CT molecular complexity index is 581. The van der Waals surface area contributed by atoms with Gasteiger partial charge in [-0.05, 0) is 26.8 Å². The zero-order valence-electron chi connectivity index (χ0n) is 10.7. The van der Waals surface area contributed by atoms with E-state index in [1.54, 1.807) is 36.7 Å². The highest BCUT2D eigenvalue weighted by Gasteiger charge is 2.14. The Morgan fingerprint density at radius 2 is 2.28 bits per heavy atom. The summed E-state index contributed by atoms with van der Waals surface area (Å²) in [4.78, 5) is 11.4.